The van der Waals surface area contributed by atoms with Crippen LogP contribution in [0.3, 0.4) is 0 Å². The average molecular weight is 722 g/mol. The molecule has 2 atom stereocenters. The van der Waals surface area contributed by atoms with Crippen LogP contribution in [0.15, 0.2) is 5.16 Å². The number of halogens is 2. The summed E-state index contributed by atoms with van der Waals surface area (Å²) in [5, 5.41) is 33.6. The summed E-state index contributed by atoms with van der Waals surface area (Å²) in [6, 6.07) is 5.61. The molecule has 3 aromatic rings. The van der Waals surface area contributed by atoms with E-state index in [0.717, 1.165) is 54.0 Å². The standard InChI is InChI=1S/C27H29ClN10O2S.C7H12FN/c1-15(35-40-4)22-21(28)18-12-36(8-5-9-38(18)34-22)23-17(11-30)24(33-26(32-23)39-3)37-13-27(14-37)7-6-19-20(27)16(10-29)25(31-2)41-19;8-6-4-7-2-1-3-9(7)5-6/h31H,5-9,12-14H2,1-4H3;6-7H,1-5H2/b35-15+;. The Labute approximate surface area is 300 Å². The first-order chi connectivity index (χ1) is 24.2. The molecule has 8 rings (SSSR count). The number of oxime groups is 1. The van der Waals surface area contributed by atoms with E-state index in [1.165, 1.54) is 31.9 Å². The zero-order valence-electron chi connectivity index (χ0n) is 28.8. The van der Waals surface area contributed by atoms with E-state index in [1.807, 2.05) is 16.6 Å². The Hall–Kier alpha value is -4.18. The third-order valence-corrected chi connectivity index (χ3v) is 12.2. The highest BCUT2D eigenvalue weighted by molar-refractivity contribution is 7.16. The van der Waals surface area contributed by atoms with E-state index in [2.05, 4.69) is 47.5 Å². The fraction of sp³-hybridized carbons (Fsp3) is 0.588. The molecule has 3 fully saturated rings. The molecule has 3 saturated heterocycles. The van der Waals surface area contributed by atoms with Gasteiger partial charge in [-0.2, -0.15) is 25.6 Å². The SMILES string of the molecule is CNc1sc2c(c1C#N)C1(CC2)CN(c2nc(OC)nc(N3CCCn4nc(/C(C)=N/OC)c(Cl)c4C3)c2C#N)C1.FC1CC2CCCN2C1. The van der Waals surface area contributed by atoms with E-state index in [9.17, 15) is 14.9 Å². The fourth-order valence-electron chi connectivity index (χ4n) is 8.29. The van der Waals surface area contributed by atoms with Gasteiger partial charge in [-0.15, -0.1) is 11.3 Å². The van der Waals surface area contributed by atoms with E-state index in [1.54, 1.807) is 18.3 Å². The number of nitrogens with zero attached hydrogens (tertiary/aromatic N) is 10. The van der Waals surface area contributed by atoms with Gasteiger partial charge in [0, 0.05) is 56.1 Å². The van der Waals surface area contributed by atoms with Gasteiger partial charge in [0.05, 0.1) is 29.9 Å². The van der Waals surface area contributed by atoms with E-state index in [0.29, 0.717) is 78.9 Å². The van der Waals surface area contributed by atoms with Crippen LogP contribution in [0, 0.1) is 22.7 Å². The zero-order valence-corrected chi connectivity index (χ0v) is 30.4. The van der Waals surface area contributed by atoms with Gasteiger partial charge in [0.15, 0.2) is 11.6 Å². The Morgan fingerprint density at radius 2 is 1.86 bits per heavy atom. The number of alkyl halides is 1. The molecule has 264 valence electrons. The van der Waals surface area contributed by atoms with Gasteiger partial charge >= 0.3 is 6.01 Å². The van der Waals surface area contributed by atoms with Crippen LogP contribution >= 0.6 is 22.9 Å². The molecule has 0 aromatic carbocycles. The Morgan fingerprint density at radius 1 is 1.10 bits per heavy atom. The Kier molecular flexibility index (Phi) is 9.50. The average Bonchev–Trinajstić information content (AvgIpc) is 3.88. The number of nitrogens with one attached hydrogen (secondary N) is 1. The quantitative estimate of drug-likeness (QED) is 0.275. The molecule has 50 heavy (non-hydrogen) atoms. The van der Waals surface area contributed by atoms with Crippen molar-refractivity contribution in [3.63, 3.8) is 0 Å². The van der Waals surface area contributed by atoms with E-state index < -0.39 is 6.17 Å². The normalized spacial score (nSPS) is 22.0. The number of fused-ring (bicyclic) bond motifs is 4. The maximum Gasteiger partial charge on any atom is 0.320 e. The van der Waals surface area contributed by atoms with Crippen LogP contribution in [-0.2, 0) is 29.8 Å². The summed E-state index contributed by atoms with van der Waals surface area (Å²) >= 11 is 8.46. The van der Waals surface area contributed by atoms with Crippen molar-refractivity contribution < 1.29 is 14.0 Å². The molecular weight excluding hydrogens is 681 g/mol. The molecule has 1 spiro atoms. The number of anilines is 3. The lowest BCUT2D eigenvalue weighted by Gasteiger charge is -2.49. The number of nitriles is 2. The molecule has 4 aliphatic heterocycles. The second-order valence-corrected chi connectivity index (χ2v) is 15.0. The monoisotopic (exact) mass is 721 g/mol. The fourth-order valence-corrected chi connectivity index (χ4v) is 9.85. The highest BCUT2D eigenvalue weighted by Gasteiger charge is 2.52. The van der Waals surface area contributed by atoms with Crippen LogP contribution in [0.2, 0.25) is 5.02 Å². The molecule has 0 bridgehead atoms. The van der Waals surface area contributed by atoms with Gasteiger partial charge in [-0.3, -0.25) is 9.58 Å². The molecule has 0 radical (unpaired) electrons. The lowest BCUT2D eigenvalue weighted by atomic mass is 9.74. The number of hydrogen-bond acceptors (Lipinski definition) is 13. The number of ether oxygens (including phenoxy) is 1. The highest BCUT2D eigenvalue weighted by Crippen LogP contribution is 2.53. The second-order valence-electron chi connectivity index (χ2n) is 13.5. The topological polar surface area (TPSA) is 144 Å². The summed E-state index contributed by atoms with van der Waals surface area (Å²) in [4.78, 5) is 21.9. The molecule has 1 N–H and O–H groups in total. The summed E-state index contributed by atoms with van der Waals surface area (Å²) in [6.45, 7) is 6.71. The number of hydrogen-bond donors (Lipinski definition) is 1. The largest absolute Gasteiger partial charge is 0.467 e. The van der Waals surface area contributed by atoms with Crippen LogP contribution < -0.4 is 19.9 Å². The van der Waals surface area contributed by atoms with E-state index >= 15 is 0 Å². The Bertz CT molecular complexity index is 1880. The van der Waals surface area contributed by atoms with Crippen LogP contribution in [0.25, 0.3) is 0 Å². The molecule has 0 amide bonds. The van der Waals surface area contributed by atoms with Crippen LogP contribution in [0.4, 0.5) is 21.0 Å². The van der Waals surface area contributed by atoms with Crippen molar-refractivity contribution in [1.29, 1.82) is 10.5 Å². The molecule has 7 heterocycles. The number of methoxy groups -OCH3 is 1. The lowest BCUT2D eigenvalue weighted by molar-refractivity contribution is 0.213. The van der Waals surface area contributed by atoms with Gasteiger partial charge in [-0.1, -0.05) is 16.8 Å². The van der Waals surface area contributed by atoms with Gasteiger partial charge in [0.2, 0.25) is 0 Å². The van der Waals surface area contributed by atoms with Crippen molar-refractivity contribution in [2.24, 2.45) is 5.16 Å². The van der Waals surface area contributed by atoms with Crippen molar-refractivity contribution in [2.75, 3.05) is 69.1 Å². The van der Waals surface area contributed by atoms with Crippen LogP contribution in [0.5, 0.6) is 6.01 Å². The van der Waals surface area contributed by atoms with Crippen molar-refractivity contribution >= 4 is 45.3 Å². The first kappa shape index (κ1) is 34.3. The molecule has 3 aromatic heterocycles. The van der Waals surface area contributed by atoms with Gasteiger partial charge < -0.3 is 24.7 Å². The Balaban J connectivity index is 0.000000375. The first-order valence-corrected chi connectivity index (χ1v) is 18.2. The van der Waals surface area contributed by atoms with Crippen LogP contribution in [-0.4, -0.2) is 96.6 Å². The summed E-state index contributed by atoms with van der Waals surface area (Å²) in [5.41, 5.74) is 4.14. The molecular formula is C34H41ClFN11O2S. The summed E-state index contributed by atoms with van der Waals surface area (Å²) in [5.74, 6) is 1.05. The van der Waals surface area contributed by atoms with E-state index in [-0.39, 0.29) is 11.4 Å². The first-order valence-electron chi connectivity index (χ1n) is 17.1. The molecule has 16 heteroatoms. The molecule has 2 unspecified atom stereocenters. The lowest BCUT2D eigenvalue weighted by Crippen LogP contribution is -2.59. The predicted molar refractivity (Wildman–Crippen MR) is 190 cm³/mol. The van der Waals surface area contributed by atoms with Crippen molar-refractivity contribution in [3.05, 3.63) is 38.0 Å². The minimum absolute atomic E-state index is 0.127. The van der Waals surface area contributed by atoms with Gasteiger partial charge in [-0.25, -0.2) is 4.39 Å². The third kappa shape index (κ3) is 5.89. The van der Waals surface area contributed by atoms with Crippen LogP contribution in [0.1, 0.15) is 72.0 Å². The maximum atomic E-state index is 12.6. The number of thiophene rings is 1. The molecule has 5 aliphatic rings. The highest BCUT2D eigenvalue weighted by atomic mass is 35.5. The number of aryl methyl sites for hydroxylation is 2. The smallest absolute Gasteiger partial charge is 0.320 e. The minimum atomic E-state index is -0.518. The summed E-state index contributed by atoms with van der Waals surface area (Å²) < 4.78 is 20.0. The maximum absolute atomic E-state index is 12.6. The summed E-state index contributed by atoms with van der Waals surface area (Å²) in [6.07, 6.45) is 5.51. The van der Waals surface area contributed by atoms with Gasteiger partial charge in [0.25, 0.3) is 0 Å². The molecule has 13 nitrogen and oxygen atoms in total. The Morgan fingerprint density at radius 3 is 2.54 bits per heavy atom. The zero-order chi connectivity index (χ0) is 35.2. The minimum Gasteiger partial charge on any atom is -0.467 e. The molecule has 1 aliphatic carbocycles. The molecule has 0 saturated carbocycles. The predicted octanol–water partition coefficient (Wildman–Crippen LogP) is 4.86. The van der Waals surface area contributed by atoms with Crippen molar-refractivity contribution in [2.45, 2.75) is 76.2 Å². The number of aromatic nitrogens is 4. The second kappa shape index (κ2) is 13.9. The van der Waals surface area contributed by atoms with E-state index in [4.69, 9.17) is 21.2 Å². The number of rotatable bonds is 6. The van der Waals surface area contributed by atoms with Crippen molar-refractivity contribution in [1.82, 2.24) is 24.6 Å². The van der Waals surface area contributed by atoms with Gasteiger partial charge in [-0.05, 0) is 57.6 Å². The van der Waals surface area contributed by atoms with Crippen molar-refractivity contribution in [3.8, 4) is 18.1 Å². The third-order valence-electron chi connectivity index (χ3n) is 10.6. The summed E-state index contributed by atoms with van der Waals surface area (Å²) in [7, 11) is 4.86. The van der Waals surface area contributed by atoms with Gasteiger partial charge in [0.1, 0.15) is 47.4 Å².